The van der Waals surface area contributed by atoms with Crippen molar-refractivity contribution in [1.82, 2.24) is 9.55 Å². The monoisotopic (exact) mass is 254 g/mol. The van der Waals surface area contributed by atoms with Crippen LogP contribution >= 0.6 is 0 Å². The molecular formula is C14H14N4O. The number of nitriles is 1. The number of ether oxygens (including phenoxy) is 1. The lowest BCUT2D eigenvalue weighted by atomic mass is 10.1. The topological polar surface area (TPSA) is 76.9 Å². The lowest BCUT2D eigenvalue weighted by molar-refractivity contribution is 0.415. The zero-order valence-electron chi connectivity index (χ0n) is 10.6. The fourth-order valence-electron chi connectivity index (χ4n) is 1.67. The molecule has 19 heavy (non-hydrogen) atoms. The van der Waals surface area contributed by atoms with Crippen LogP contribution in [-0.4, -0.2) is 16.7 Å². The molecule has 1 aromatic carbocycles. The van der Waals surface area contributed by atoms with Crippen LogP contribution in [0.5, 0.6) is 5.75 Å². The first-order valence-corrected chi connectivity index (χ1v) is 5.74. The van der Waals surface area contributed by atoms with Gasteiger partial charge in [0.05, 0.1) is 19.7 Å². The number of methoxy groups -OCH3 is 1. The largest absolute Gasteiger partial charge is 0.497 e. The molecule has 0 unspecified atom stereocenters. The highest BCUT2D eigenvalue weighted by Gasteiger charge is 2.02. The van der Waals surface area contributed by atoms with Gasteiger partial charge in [-0.1, -0.05) is 12.1 Å². The second-order valence-electron chi connectivity index (χ2n) is 3.97. The van der Waals surface area contributed by atoms with Crippen LogP contribution in [0, 0.1) is 11.3 Å². The van der Waals surface area contributed by atoms with Crippen LogP contribution < -0.4 is 10.5 Å². The van der Waals surface area contributed by atoms with Crippen molar-refractivity contribution in [1.29, 1.82) is 5.26 Å². The number of nitrogens with zero attached hydrogens (tertiary/aromatic N) is 3. The first-order chi connectivity index (χ1) is 9.22. The molecule has 5 heteroatoms. The Hall–Kier alpha value is -2.74. The molecule has 0 saturated heterocycles. The Morgan fingerprint density at radius 2 is 2.21 bits per heavy atom. The minimum Gasteiger partial charge on any atom is -0.497 e. The van der Waals surface area contributed by atoms with Crippen molar-refractivity contribution in [3.8, 4) is 11.8 Å². The molecule has 1 heterocycles. The van der Waals surface area contributed by atoms with Gasteiger partial charge in [0, 0.05) is 18.0 Å². The SMILES string of the molecule is COc1ccc(/C=C(\C#N)Cn2ccnc2N)cc1. The normalized spacial score (nSPS) is 11.1. The van der Waals surface area contributed by atoms with E-state index < -0.39 is 0 Å². The molecule has 1 aromatic heterocycles. The molecule has 2 N–H and O–H groups in total. The molecule has 96 valence electrons. The van der Waals surface area contributed by atoms with E-state index in [4.69, 9.17) is 15.7 Å². The van der Waals surface area contributed by atoms with Gasteiger partial charge in [-0.3, -0.25) is 0 Å². The van der Waals surface area contributed by atoms with Gasteiger partial charge in [-0.2, -0.15) is 5.26 Å². The number of aromatic nitrogens is 2. The van der Waals surface area contributed by atoms with Crippen LogP contribution in [0.15, 0.2) is 42.2 Å². The van der Waals surface area contributed by atoms with Crippen LogP contribution in [0.2, 0.25) is 0 Å². The fourth-order valence-corrected chi connectivity index (χ4v) is 1.67. The number of hydrogen-bond donors (Lipinski definition) is 1. The number of rotatable bonds is 4. The van der Waals surface area contributed by atoms with Gasteiger partial charge in [0.15, 0.2) is 5.95 Å². The predicted molar refractivity (Wildman–Crippen MR) is 73.2 cm³/mol. The first kappa shape index (κ1) is 12.7. The minimum atomic E-state index is 0.399. The van der Waals surface area contributed by atoms with Crippen molar-refractivity contribution < 1.29 is 4.74 Å². The van der Waals surface area contributed by atoms with Crippen molar-refractivity contribution in [2.45, 2.75) is 6.54 Å². The highest BCUT2D eigenvalue weighted by Crippen LogP contribution is 2.15. The molecule has 0 amide bonds. The third kappa shape index (κ3) is 3.13. The average Bonchev–Trinajstić information content (AvgIpc) is 2.84. The maximum absolute atomic E-state index is 9.16. The number of imidazole rings is 1. The molecule has 0 aliphatic rings. The van der Waals surface area contributed by atoms with E-state index in [1.807, 2.05) is 30.3 Å². The van der Waals surface area contributed by atoms with Crippen LogP contribution in [0.1, 0.15) is 5.56 Å². The quantitative estimate of drug-likeness (QED) is 0.847. The number of nitrogens with two attached hydrogens (primary N) is 1. The van der Waals surface area contributed by atoms with Crippen molar-refractivity contribution in [3.63, 3.8) is 0 Å². The highest BCUT2D eigenvalue weighted by atomic mass is 16.5. The molecule has 0 saturated carbocycles. The van der Waals surface area contributed by atoms with E-state index in [9.17, 15) is 0 Å². The predicted octanol–water partition coefficient (Wildman–Crippen LogP) is 2.08. The summed E-state index contributed by atoms with van der Waals surface area (Å²) in [7, 11) is 1.62. The van der Waals surface area contributed by atoms with E-state index in [0.29, 0.717) is 18.1 Å². The molecule has 5 nitrogen and oxygen atoms in total. The zero-order valence-corrected chi connectivity index (χ0v) is 10.6. The summed E-state index contributed by atoms with van der Waals surface area (Å²) in [4.78, 5) is 3.92. The van der Waals surface area contributed by atoms with Crippen LogP contribution in [-0.2, 0) is 6.54 Å². The van der Waals surface area contributed by atoms with Gasteiger partial charge < -0.3 is 15.0 Å². The summed E-state index contributed by atoms with van der Waals surface area (Å²) in [6.45, 7) is 0.411. The number of benzene rings is 1. The van der Waals surface area contributed by atoms with Crippen molar-refractivity contribution in [2.75, 3.05) is 12.8 Å². The van der Waals surface area contributed by atoms with Gasteiger partial charge in [0.2, 0.25) is 0 Å². The van der Waals surface area contributed by atoms with Crippen molar-refractivity contribution >= 4 is 12.0 Å². The summed E-state index contributed by atoms with van der Waals surface area (Å²) in [5.74, 6) is 1.19. The Kier molecular flexibility index (Phi) is 3.84. The fraction of sp³-hybridized carbons (Fsp3) is 0.143. The third-order valence-corrected chi connectivity index (χ3v) is 2.69. The van der Waals surface area contributed by atoms with E-state index in [1.54, 1.807) is 24.1 Å². The second kappa shape index (κ2) is 5.74. The third-order valence-electron chi connectivity index (χ3n) is 2.69. The standard InChI is InChI=1S/C14H14N4O/c1-19-13-4-2-11(3-5-13)8-12(9-15)10-18-7-6-17-14(18)16/h2-8H,10H2,1H3,(H2,16,17)/b12-8+. The van der Waals surface area contributed by atoms with Crippen molar-refractivity contribution in [2.24, 2.45) is 0 Å². The summed E-state index contributed by atoms with van der Waals surface area (Å²) in [6, 6.07) is 9.67. The van der Waals surface area contributed by atoms with E-state index in [1.165, 1.54) is 0 Å². The molecule has 0 fully saturated rings. The number of anilines is 1. The smallest absolute Gasteiger partial charge is 0.200 e. The molecule has 2 aromatic rings. The Morgan fingerprint density at radius 1 is 1.47 bits per heavy atom. The van der Waals surface area contributed by atoms with Crippen LogP contribution in [0.4, 0.5) is 5.95 Å². The molecule has 0 radical (unpaired) electrons. The van der Waals surface area contributed by atoms with Gasteiger partial charge in [-0.05, 0) is 23.8 Å². The summed E-state index contributed by atoms with van der Waals surface area (Å²) in [6.07, 6.45) is 5.17. The number of allylic oxidation sites excluding steroid dienone is 1. The van der Waals surface area contributed by atoms with Crippen LogP contribution in [0.25, 0.3) is 6.08 Å². The Labute approximate surface area is 111 Å². The summed E-state index contributed by atoms with van der Waals surface area (Å²) in [5, 5.41) is 9.16. The van der Waals surface area contributed by atoms with E-state index in [-0.39, 0.29) is 0 Å². The molecule has 0 atom stereocenters. The van der Waals surface area contributed by atoms with Gasteiger partial charge in [0.25, 0.3) is 0 Å². The highest BCUT2D eigenvalue weighted by molar-refractivity contribution is 5.57. The molecule has 0 aliphatic carbocycles. The Balaban J connectivity index is 2.19. The molecule has 0 aliphatic heterocycles. The van der Waals surface area contributed by atoms with Gasteiger partial charge in [-0.25, -0.2) is 4.98 Å². The zero-order chi connectivity index (χ0) is 13.7. The average molecular weight is 254 g/mol. The van der Waals surface area contributed by atoms with Gasteiger partial charge in [-0.15, -0.1) is 0 Å². The van der Waals surface area contributed by atoms with E-state index in [0.717, 1.165) is 11.3 Å². The maximum atomic E-state index is 9.16. The summed E-state index contributed by atoms with van der Waals surface area (Å²) >= 11 is 0. The lowest BCUT2D eigenvalue weighted by Gasteiger charge is -2.04. The summed E-state index contributed by atoms with van der Waals surface area (Å²) < 4.78 is 6.81. The first-order valence-electron chi connectivity index (χ1n) is 5.74. The maximum Gasteiger partial charge on any atom is 0.200 e. The lowest BCUT2D eigenvalue weighted by Crippen LogP contribution is -2.03. The summed E-state index contributed by atoms with van der Waals surface area (Å²) in [5.41, 5.74) is 7.22. The van der Waals surface area contributed by atoms with E-state index >= 15 is 0 Å². The minimum absolute atomic E-state index is 0.399. The number of nitrogen functional groups attached to an aromatic ring is 1. The molecular weight excluding hydrogens is 240 g/mol. The van der Waals surface area contributed by atoms with Crippen molar-refractivity contribution in [3.05, 3.63) is 47.8 Å². The molecule has 0 bridgehead atoms. The van der Waals surface area contributed by atoms with Gasteiger partial charge in [0.1, 0.15) is 5.75 Å². The Morgan fingerprint density at radius 3 is 2.74 bits per heavy atom. The van der Waals surface area contributed by atoms with Gasteiger partial charge >= 0.3 is 0 Å². The van der Waals surface area contributed by atoms with Crippen LogP contribution in [0.3, 0.4) is 0 Å². The molecule has 0 spiro atoms. The Bertz CT molecular complexity index is 620. The second-order valence-corrected chi connectivity index (χ2v) is 3.97. The number of hydrogen-bond acceptors (Lipinski definition) is 4. The molecule has 2 rings (SSSR count). The van der Waals surface area contributed by atoms with E-state index in [2.05, 4.69) is 11.1 Å².